The molecule has 1 rings (SSSR count). The van der Waals surface area contributed by atoms with E-state index in [2.05, 4.69) is 32.9 Å². The largest absolute Gasteiger partial charge is 0.295 e. The molecule has 0 saturated carbocycles. The molecule has 0 bridgehead atoms. The molecular weight excluding hydrogens is 172 g/mol. The molecule has 1 heteroatoms. The van der Waals surface area contributed by atoms with Gasteiger partial charge in [-0.05, 0) is 56.0 Å². The molecule has 0 aromatic heterocycles. The summed E-state index contributed by atoms with van der Waals surface area (Å²) < 4.78 is 0. The minimum atomic E-state index is 0.0841. The number of carbonyl (C=O) groups excluding carboxylic acids is 1. The molecule has 1 aromatic carbocycles. The molecule has 0 atom stereocenters. The van der Waals surface area contributed by atoms with Gasteiger partial charge < -0.3 is 0 Å². The van der Waals surface area contributed by atoms with Crippen LogP contribution in [0.1, 0.15) is 29.2 Å². The van der Waals surface area contributed by atoms with Gasteiger partial charge in [0, 0.05) is 0 Å². The van der Waals surface area contributed by atoms with Gasteiger partial charge in [-0.15, -0.1) is 0 Å². The molecule has 0 saturated heterocycles. The summed E-state index contributed by atoms with van der Waals surface area (Å²) in [5, 5.41) is 0. The summed E-state index contributed by atoms with van der Waals surface area (Å²) in [6.45, 7) is 7.86. The van der Waals surface area contributed by atoms with Crippen LogP contribution < -0.4 is 0 Å². The van der Waals surface area contributed by atoms with Crippen molar-refractivity contribution in [3.63, 3.8) is 0 Å². The highest BCUT2D eigenvalue weighted by Crippen LogP contribution is 2.16. The Bertz CT molecular complexity index is 363. The zero-order chi connectivity index (χ0) is 10.7. The molecule has 1 nitrogen and oxygen atoms in total. The lowest BCUT2D eigenvalue weighted by Gasteiger charge is -2.05. The van der Waals surface area contributed by atoms with Crippen molar-refractivity contribution >= 4 is 11.9 Å². The van der Waals surface area contributed by atoms with E-state index < -0.39 is 0 Å². The van der Waals surface area contributed by atoms with E-state index in [0.717, 1.165) is 5.56 Å². The maximum atomic E-state index is 10.8. The van der Waals surface area contributed by atoms with Crippen LogP contribution in [0.5, 0.6) is 0 Å². The second kappa shape index (κ2) is 4.23. The number of benzene rings is 1. The zero-order valence-electron chi connectivity index (χ0n) is 9.22. The smallest absolute Gasteiger partial charge is 0.152 e. The normalized spacial score (nSPS) is 10.9. The topological polar surface area (TPSA) is 17.1 Å². The zero-order valence-corrected chi connectivity index (χ0v) is 9.22. The van der Waals surface area contributed by atoms with Gasteiger partial charge in [0.1, 0.15) is 0 Å². The van der Waals surface area contributed by atoms with E-state index in [9.17, 15) is 4.79 Å². The lowest BCUT2D eigenvalue weighted by molar-refractivity contribution is -0.112. The molecule has 0 spiro atoms. The number of allylic oxidation sites excluding steroid dienone is 1. The minimum absolute atomic E-state index is 0.0841. The summed E-state index contributed by atoms with van der Waals surface area (Å²) in [6, 6.07) is 4.20. The van der Waals surface area contributed by atoms with E-state index in [-0.39, 0.29) is 5.78 Å². The van der Waals surface area contributed by atoms with Gasteiger partial charge in [0.25, 0.3) is 0 Å². The van der Waals surface area contributed by atoms with E-state index in [4.69, 9.17) is 0 Å². The molecule has 1 aromatic rings. The van der Waals surface area contributed by atoms with E-state index >= 15 is 0 Å². The SMILES string of the molecule is CC(=O)/C=C/c1cc(C)c(C)c(C)c1. The van der Waals surface area contributed by atoms with Crippen molar-refractivity contribution in [2.75, 3.05) is 0 Å². The van der Waals surface area contributed by atoms with Crippen LogP contribution in [0.25, 0.3) is 6.08 Å². The lowest BCUT2D eigenvalue weighted by Crippen LogP contribution is -1.88. The standard InChI is InChI=1S/C13H16O/c1-9-7-13(6-5-11(3)14)8-10(2)12(9)4/h5-8H,1-4H3/b6-5+. The van der Waals surface area contributed by atoms with Gasteiger partial charge in [0.2, 0.25) is 0 Å². The quantitative estimate of drug-likeness (QED) is 0.651. The second-order valence-corrected chi connectivity index (χ2v) is 3.72. The third kappa shape index (κ3) is 2.56. The molecule has 0 aliphatic carbocycles. The molecular formula is C13H16O. The Balaban J connectivity index is 3.07. The molecule has 0 radical (unpaired) electrons. The number of rotatable bonds is 2. The van der Waals surface area contributed by atoms with Gasteiger partial charge in [0.15, 0.2) is 5.78 Å². The van der Waals surface area contributed by atoms with E-state index in [1.807, 2.05) is 6.08 Å². The Morgan fingerprint density at radius 3 is 2.07 bits per heavy atom. The van der Waals surface area contributed by atoms with Gasteiger partial charge in [0.05, 0.1) is 0 Å². The number of hydrogen-bond acceptors (Lipinski definition) is 1. The molecule has 0 amide bonds. The summed E-state index contributed by atoms with van der Waals surface area (Å²) in [4.78, 5) is 10.8. The highest BCUT2D eigenvalue weighted by molar-refractivity contribution is 5.91. The highest BCUT2D eigenvalue weighted by Gasteiger charge is 1.98. The van der Waals surface area contributed by atoms with Crippen molar-refractivity contribution in [3.8, 4) is 0 Å². The van der Waals surface area contributed by atoms with Gasteiger partial charge in [-0.1, -0.05) is 18.2 Å². The van der Waals surface area contributed by atoms with Gasteiger partial charge in [-0.25, -0.2) is 0 Å². The van der Waals surface area contributed by atoms with E-state index in [1.165, 1.54) is 16.7 Å². The van der Waals surface area contributed by atoms with Gasteiger partial charge in [-0.3, -0.25) is 4.79 Å². The van der Waals surface area contributed by atoms with Crippen molar-refractivity contribution in [2.45, 2.75) is 27.7 Å². The summed E-state index contributed by atoms with van der Waals surface area (Å²) in [5.41, 5.74) is 4.96. The van der Waals surface area contributed by atoms with Crippen molar-refractivity contribution in [1.82, 2.24) is 0 Å². The Kier molecular flexibility index (Phi) is 3.23. The average Bonchev–Trinajstić information content (AvgIpc) is 2.10. The maximum Gasteiger partial charge on any atom is 0.152 e. The first kappa shape index (κ1) is 10.7. The van der Waals surface area contributed by atoms with Gasteiger partial charge in [-0.2, -0.15) is 0 Å². The number of carbonyl (C=O) groups is 1. The Morgan fingerprint density at radius 2 is 1.64 bits per heavy atom. The minimum Gasteiger partial charge on any atom is -0.295 e. The molecule has 14 heavy (non-hydrogen) atoms. The first-order valence-electron chi connectivity index (χ1n) is 4.77. The monoisotopic (exact) mass is 188 g/mol. The third-order valence-corrected chi connectivity index (χ3v) is 2.46. The van der Waals surface area contributed by atoms with Crippen LogP contribution >= 0.6 is 0 Å². The Labute approximate surface area is 85.5 Å². The molecule has 0 aliphatic heterocycles. The van der Waals surface area contributed by atoms with Crippen molar-refractivity contribution in [2.24, 2.45) is 0 Å². The lowest BCUT2D eigenvalue weighted by atomic mass is 10.0. The highest BCUT2D eigenvalue weighted by atomic mass is 16.1. The van der Waals surface area contributed by atoms with Gasteiger partial charge >= 0.3 is 0 Å². The van der Waals surface area contributed by atoms with Crippen LogP contribution in [-0.2, 0) is 4.79 Å². The second-order valence-electron chi connectivity index (χ2n) is 3.72. The fourth-order valence-corrected chi connectivity index (χ4v) is 1.38. The Morgan fingerprint density at radius 1 is 1.14 bits per heavy atom. The van der Waals surface area contributed by atoms with Crippen molar-refractivity contribution in [1.29, 1.82) is 0 Å². The van der Waals surface area contributed by atoms with Crippen molar-refractivity contribution in [3.05, 3.63) is 40.5 Å². The first-order chi connectivity index (χ1) is 6.50. The number of aryl methyl sites for hydroxylation is 2. The van der Waals surface area contributed by atoms with E-state index in [1.54, 1.807) is 13.0 Å². The summed E-state index contributed by atoms with van der Waals surface area (Å²) >= 11 is 0. The van der Waals surface area contributed by atoms with E-state index in [0.29, 0.717) is 0 Å². The number of ketones is 1. The third-order valence-electron chi connectivity index (χ3n) is 2.46. The molecule has 74 valence electrons. The summed E-state index contributed by atoms with van der Waals surface area (Å²) in [5.74, 6) is 0.0841. The molecule has 0 heterocycles. The van der Waals surface area contributed by atoms with Crippen LogP contribution in [0.4, 0.5) is 0 Å². The molecule has 0 N–H and O–H groups in total. The van der Waals surface area contributed by atoms with Crippen molar-refractivity contribution < 1.29 is 4.79 Å². The first-order valence-corrected chi connectivity index (χ1v) is 4.77. The Hall–Kier alpha value is -1.37. The predicted molar refractivity (Wildman–Crippen MR) is 60.4 cm³/mol. The summed E-state index contributed by atoms with van der Waals surface area (Å²) in [6.07, 6.45) is 3.46. The fraction of sp³-hybridized carbons (Fsp3) is 0.308. The van der Waals surface area contributed by atoms with Crippen LogP contribution in [0, 0.1) is 20.8 Å². The maximum absolute atomic E-state index is 10.8. The average molecular weight is 188 g/mol. The summed E-state index contributed by atoms with van der Waals surface area (Å²) in [7, 11) is 0. The predicted octanol–water partition coefficient (Wildman–Crippen LogP) is 3.21. The van der Waals surface area contributed by atoms with Crippen LogP contribution in [0.3, 0.4) is 0 Å². The van der Waals surface area contributed by atoms with Crippen LogP contribution in [-0.4, -0.2) is 5.78 Å². The van der Waals surface area contributed by atoms with Crippen LogP contribution in [0.15, 0.2) is 18.2 Å². The molecule has 0 aliphatic rings. The molecule has 0 fully saturated rings. The fourth-order valence-electron chi connectivity index (χ4n) is 1.38. The van der Waals surface area contributed by atoms with Crippen LogP contribution in [0.2, 0.25) is 0 Å². The number of hydrogen-bond donors (Lipinski definition) is 0. The molecule has 0 unspecified atom stereocenters.